The van der Waals surface area contributed by atoms with Gasteiger partial charge in [-0.05, 0) is 18.9 Å². The van der Waals surface area contributed by atoms with Gasteiger partial charge in [0, 0.05) is 19.2 Å². The van der Waals surface area contributed by atoms with Crippen LogP contribution < -0.4 is 4.90 Å². The molecule has 2 rings (SSSR count). The van der Waals surface area contributed by atoms with Crippen molar-refractivity contribution in [3.63, 3.8) is 0 Å². The molecule has 0 aromatic carbocycles. The van der Waals surface area contributed by atoms with E-state index < -0.39 is 5.97 Å². The summed E-state index contributed by atoms with van der Waals surface area (Å²) in [7, 11) is 0. The molecule has 5 nitrogen and oxygen atoms in total. The van der Waals surface area contributed by atoms with Crippen molar-refractivity contribution in [3.8, 4) is 0 Å². The lowest BCUT2D eigenvalue weighted by Gasteiger charge is -2.26. The van der Waals surface area contributed by atoms with Gasteiger partial charge in [0.1, 0.15) is 0 Å². The van der Waals surface area contributed by atoms with E-state index in [-0.39, 0.29) is 11.5 Å². The minimum Gasteiger partial charge on any atom is -0.478 e. The van der Waals surface area contributed by atoms with E-state index in [0.29, 0.717) is 18.7 Å². The summed E-state index contributed by atoms with van der Waals surface area (Å²) in [6, 6.07) is 1.48. The average molecular weight is 220 g/mol. The van der Waals surface area contributed by atoms with Crippen LogP contribution >= 0.6 is 0 Å². The van der Waals surface area contributed by atoms with E-state index in [0.717, 1.165) is 12.8 Å². The molecule has 1 fully saturated rings. The van der Waals surface area contributed by atoms with E-state index >= 15 is 0 Å². The van der Waals surface area contributed by atoms with Gasteiger partial charge in [-0.3, -0.25) is 9.78 Å². The predicted molar refractivity (Wildman–Crippen MR) is 57.4 cm³/mol. The van der Waals surface area contributed by atoms with Crippen molar-refractivity contribution in [2.75, 3.05) is 11.4 Å². The van der Waals surface area contributed by atoms with Crippen molar-refractivity contribution >= 4 is 17.6 Å². The first-order valence-corrected chi connectivity index (χ1v) is 5.17. The largest absolute Gasteiger partial charge is 0.478 e. The molecule has 2 heterocycles. The smallest absolute Gasteiger partial charge is 0.337 e. The molecule has 1 aliphatic heterocycles. The quantitative estimate of drug-likeness (QED) is 0.815. The molecule has 1 aromatic rings. The molecule has 0 radical (unpaired) electrons. The molecule has 0 aliphatic carbocycles. The summed E-state index contributed by atoms with van der Waals surface area (Å²) in [4.78, 5) is 27.8. The molecule has 0 unspecified atom stereocenters. The Hall–Kier alpha value is -1.91. The van der Waals surface area contributed by atoms with Crippen LogP contribution in [0.5, 0.6) is 0 Å². The van der Waals surface area contributed by atoms with Gasteiger partial charge < -0.3 is 10.0 Å². The number of carboxylic acid groups (broad SMARTS) is 1. The molecule has 84 valence electrons. The second kappa shape index (κ2) is 4.30. The number of hydrogen-bond donors (Lipinski definition) is 1. The monoisotopic (exact) mass is 220 g/mol. The second-order valence-corrected chi connectivity index (χ2v) is 3.74. The van der Waals surface area contributed by atoms with Gasteiger partial charge in [-0.25, -0.2) is 4.79 Å². The Morgan fingerprint density at radius 2 is 2.19 bits per heavy atom. The maximum Gasteiger partial charge on any atom is 0.337 e. The summed E-state index contributed by atoms with van der Waals surface area (Å²) in [6.45, 7) is 0.642. The molecule has 1 aromatic heterocycles. The van der Waals surface area contributed by atoms with Gasteiger partial charge >= 0.3 is 5.97 Å². The van der Waals surface area contributed by atoms with Gasteiger partial charge in [0.15, 0.2) is 0 Å². The van der Waals surface area contributed by atoms with Crippen molar-refractivity contribution < 1.29 is 14.7 Å². The van der Waals surface area contributed by atoms with E-state index in [1.54, 1.807) is 4.90 Å². The van der Waals surface area contributed by atoms with Crippen molar-refractivity contribution in [3.05, 3.63) is 24.0 Å². The minimum atomic E-state index is -1.03. The minimum absolute atomic E-state index is 0.0376. The Balaban J connectivity index is 2.28. The SMILES string of the molecule is O=C(O)c1cncc(N2CCCCC2=O)c1. The first-order valence-electron chi connectivity index (χ1n) is 5.17. The van der Waals surface area contributed by atoms with Crippen LogP contribution in [0.3, 0.4) is 0 Å². The maximum absolute atomic E-state index is 11.6. The molecule has 0 atom stereocenters. The normalized spacial score (nSPS) is 16.2. The molecule has 0 spiro atoms. The van der Waals surface area contributed by atoms with Crippen LogP contribution in [0.2, 0.25) is 0 Å². The third-order valence-corrected chi connectivity index (χ3v) is 2.61. The maximum atomic E-state index is 11.6. The number of aromatic nitrogens is 1. The number of carbonyl (C=O) groups excluding carboxylic acids is 1. The van der Waals surface area contributed by atoms with E-state index in [1.165, 1.54) is 18.5 Å². The van der Waals surface area contributed by atoms with Crippen LogP contribution in [0.4, 0.5) is 5.69 Å². The summed E-state index contributed by atoms with van der Waals surface area (Å²) < 4.78 is 0. The highest BCUT2D eigenvalue weighted by Gasteiger charge is 2.20. The standard InChI is InChI=1S/C11H12N2O3/c14-10-3-1-2-4-13(10)9-5-8(11(15)16)6-12-7-9/h5-7H,1-4H2,(H,15,16). The van der Waals surface area contributed by atoms with Crippen molar-refractivity contribution in [2.24, 2.45) is 0 Å². The molecular formula is C11H12N2O3. The van der Waals surface area contributed by atoms with Gasteiger partial charge in [-0.15, -0.1) is 0 Å². The van der Waals surface area contributed by atoms with E-state index in [9.17, 15) is 9.59 Å². The van der Waals surface area contributed by atoms with Gasteiger partial charge in [0.25, 0.3) is 0 Å². The topological polar surface area (TPSA) is 70.5 Å². The lowest BCUT2D eigenvalue weighted by molar-refractivity contribution is -0.119. The van der Waals surface area contributed by atoms with Gasteiger partial charge in [0.05, 0.1) is 17.4 Å². The Morgan fingerprint density at radius 1 is 1.38 bits per heavy atom. The summed E-state index contributed by atoms with van der Waals surface area (Å²) in [6.07, 6.45) is 5.18. The molecule has 0 saturated carbocycles. The van der Waals surface area contributed by atoms with Crippen LogP contribution in [-0.2, 0) is 4.79 Å². The zero-order chi connectivity index (χ0) is 11.5. The van der Waals surface area contributed by atoms with Crippen molar-refractivity contribution in [1.82, 2.24) is 4.98 Å². The lowest BCUT2D eigenvalue weighted by atomic mass is 10.1. The Labute approximate surface area is 92.7 Å². The van der Waals surface area contributed by atoms with Gasteiger partial charge in [-0.1, -0.05) is 0 Å². The molecule has 0 bridgehead atoms. The van der Waals surface area contributed by atoms with Crippen LogP contribution in [0.15, 0.2) is 18.5 Å². The number of anilines is 1. The highest BCUT2D eigenvalue weighted by molar-refractivity contribution is 5.95. The average Bonchev–Trinajstić information content (AvgIpc) is 2.30. The highest BCUT2D eigenvalue weighted by atomic mass is 16.4. The summed E-state index contributed by atoms with van der Waals surface area (Å²) in [5.74, 6) is -0.991. The third-order valence-electron chi connectivity index (χ3n) is 2.61. The number of aromatic carboxylic acids is 1. The fourth-order valence-corrected chi connectivity index (χ4v) is 1.77. The number of carboxylic acids is 1. The molecule has 1 N–H and O–H groups in total. The zero-order valence-corrected chi connectivity index (χ0v) is 8.72. The third kappa shape index (κ3) is 2.03. The van der Waals surface area contributed by atoms with Crippen molar-refractivity contribution in [2.45, 2.75) is 19.3 Å². The van der Waals surface area contributed by atoms with Crippen LogP contribution in [0, 0.1) is 0 Å². The lowest BCUT2D eigenvalue weighted by Crippen LogP contribution is -2.35. The van der Waals surface area contributed by atoms with Crippen LogP contribution in [-0.4, -0.2) is 28.5 Å². The summed E-state index contributed by atoms with van der Waals surface area (Å²) in [5, 5.41) is 8.83. The summed E-state index contributed by atoms with van der Waals surface area (Å²) in [5.41, 5.74) is 0.681. The van der Waals surface area contributed by atoms with E-state index in [2.05, 4.69) is 4.98 Å². The predicted octanol–water partition coefficient (Wildman–Crippen LogP) is 1.30. The molecule has 1 aliphatic rings. The molecule has 1 saturated heterocycles. The van der Waals surface area contributed by atoms with Crippen LogP contribution in [0.1, 0.15) is 29.6 Å². The number of carbonyl (C=O) groups is 2. The number of piperidine rings is 1. The molecule has 5 heteroatoms. The fraction of sp³-hybridized carbons (Fsp3) is 0.364. The van der Waals surface area contributed by atoms with Crippen LogP contribution in [0.25, 0.3) is 0 Å². The zero-order valence-electron chi connectivity index (χ0n) is 8.72. The Morgan fingerprint density at radius 3 is 2.88 bits per heavy atom. The molecule has 16 heavy (non-hydrogen) atoms. The molecular weight excluding hydrogens is 208 g/mol. The second-order valence-electron chi connectivity index (χ2n) is 3.74. The first-order chi connectivity index (χ1) is 7.68. The van der Waals surface area contributed by atoms with Crippen molar-refractivity contribution in [1.29, 1.82) is 0 Å². The first kappa shape index (κ1) is 10.6. The summed E-state index contributed by atoms with van der Waals surface area (Å²) >= 11 is 0. The number of pyridine rings is 1. The number of amides is 1. The molecule has 1 amide bonds. The fourth-order valence-electron chi connectivity index (χ4n) is 1.77. The van der Waals surface area contributed by atoms with Gasteiger partial charge in [0.2, 0.25) is 5.91 Å². The Bertz CT molecular complexity index is 431. The number of rotatable bonds is 2. The van der Waals surface area contributed by atoms with E-state index in [1.807, 2.05) is 0 Å². The van der Waals surface area contributed by atoms with E-state index in [4.69, 9.17) is 5.11 Å². The van der Waals surface area contributed by atoms with Gasteiger partial charge in [-0.2, -0.15) is 0 Å². The number of hydrogen-bond acceptors (Lipinski definition) is 3. The number of nitrogens with zero attached hydrogens (tertiary/aromatic N) is 2. The highest BCUT2D eigenvalue weighted by Crippen LogP contribution is 2.20. The Kier molecular flexibility index (Phi) is 2.85.